The molecule has 0 amide bonds. The van der Waals surface area contributed by atoms with E-state index in [1.165, 1.54) is 0 Å². The summed E-state index contributed by atoms with van der Waals surface area (Å²) in [5.74, 6) is 1.26. The second kappa shape index (κ2) is 7.53. The van der Waals surface area contributed by atoms with Gasteiger partial charge in [0.15, 0.2) is 0 Å². The number of ether oxygens (including phenoxy) is 2. The van der Waals surface area contributed by atoms with Crippen LogP contribution in [0.15, 0.2) is 30.6 Å². The zero-order valence-corrected chi connectivity index (χ0v) is 15.6. The standard InChI is InChI=1S/C16H17ClIN3O2/c1-22-16-8-14(13(17)10-20-16)21-6-4-12(5-7-21)23-15-3-2-11(18)9-19-15/h2-3,8-10,12H,4-7H2,1H3. The smallest absolute Gasteiger partial charge is 0.215 e. The van der Waals surface area contributed by atoms with Gasteiger partial charge >= 0.3 is 0 Å². The molecule has 1 aliphatic rings. The van der Waals surface area contributed by atoms with Crippen LogP contribution in [0.4, 0.5) is 5.69 Å². The lowest BCUT2D eigenvalue weighted by atomic mass is 10.1. The van der Waals surface area contributed by atoms with Crippen LogP contribution in [0.25, 0.3) is 0 Å². The Kier molecular flexibility index (Phi) is 5.42. The number of anilines is 1. The summed E-state index contributed by atoms with van der Waals surface area (Å²) in [5.41, 5.74) is 0.962. The van der Waals surface area contributed by atoms with Gasteiger partial charge in [0.25, 0.3) is 0 Å². The summed E-state index contributed by atoms with van der Waals surface area (Å²) in [5, 5.41) is 0.643. The molecule has 2 aromatic rings. The van der Waals surface area contributed by atoms with Gasteiger partial charge in [-0.25, -0.2) is 9.97 Å². The van der Waals surface area contributed by atoms with Gasteiger partial charge in [0.05, 0.1) is 24.0 Å². The zero-order valence-electron chi connectivity index (χ0n) is 12.7. The number of piperidine rings is 1. The van der Waals surface area contributed by atoms with Crippen LogP contribution in [0.2, 0.25) is 5.02 Å². The molecule has 3 heterocycles. The topological polar surface area (TPSA) is 47.5 Å². The molecule has 0 atom stereocenters. The van der Waals surface area contributed by atoms with Gasteiger partial charge in [-0.05, 0) is 28.7 Å². The molecule has 7 heteroatoms. The fourth-order valence-corrected chi connectivity index (χ4v) is 3.12. The van der Waals surface area contributed by atoms with E-state index in [-0.39, 0.29) is 6.10 Å². The van der Waals surface area contributed by atoms with Gasteiger partial charge in [-0.3, -0.25) is 0 Å². The SMILES string of the molecule is COc1cc(N2CCC(Oc3ccc(I)cn3)CC2)c(Cl)cn1. The highest BCUT2D eigenvalue weighted by atomic mass is 127. The minimum Gasteiger partial charge on any atom is -0.481 e. The summed E-state index contributed by atoms with van der Waals surface area (Å²) in [6.07, 6.45) is 5.48. The molecule has 0 bridgehead atoms. The molecule has 122 valence electrons. The van der Waals surface area contributed by atoms with E-state index in [2.05, 4.69) is 37.5 Å². The highest BCUT2D eigenvalue weighted by Gasteiger charge is 2.23. The van der Waals surface area contributed by atoms with E-state index in [0.29, 0.717) is 16.8 Å². The van der Waals surface area contributed by atoms with Gasteiger partial charge in [0.2, 0.25) is 11.8 Å². The van der Waals surface area contributed by atoms with Crippen LogP contribution >= 0.6 is 34.2 Å². The third-order valence-corrected chi connectivity index (χ3v) is 4.72. The van der Waals surface area contributed by atoms with E-state index in [9.17, 15) is 0 Å². The van der Waals surface area contributed by atoms with Crippen LogP contribution in [0.3, 0.4) is 0 Å². The Morgan fingerprint density at radius 1 is 1.17 bits per heavy atom. The average molecular weight is 446 g/mol. The number of hydrogen-bond acceptors (Lipinski definition) is 5. The van der Waals surface area contributed by atoms with Crippen LogP contribution in [-0.4, -0.2) is 36.3 Å². The van der Waals surface area contributed by atoms with Gasteiger partial charge in [-0.2, -0.15) is 0 Å². The molecule has 0 spiro atoms. The molecule has 0 aromatic carbocycles. The van der Waals surface area contributed by atoms with Gasteiger partial charge in [-0.1, -0.05) is 11.6 Å². The molecular weight excluding hydrogens is 429 g/mol. The molecule has 1 fully saturated rings. The molecule has 3 rings (SSSR count). The summed E-state index contributed by atoms with van der Waals surface area (Å²) in [6, 6.07) is 5.80. The minimum atomic E-state index is 0.182. The largest absolute Gasteiger partial charge is 0.481 e. The first kappa shape index (κ1) is 16.6. The van der Waals surface area contributed by atoms with E-state index >= 15 is 0 Å². The normalized spacial score (nSPS) is 15.5. The van der Waals surface area contributed by atoms with Crippen LogP contribution in [0.5, 0.6) is 11.8 Å². The van der Waals surface area contributed by atoms with E-state index in [4.69, 9.17) is 21.1 Å². The molecule has 1 saturated heterocycles. The van der Waals surface area contributed by atoms with Gasteiger partial charge in [-0.15, -0.1) is 0 Å². The maximum absolute atomic E-state index is 6.27. The Morgan fingerprint density at radius 2 is 1.91 bits per heavy atom. The van der Waals surface area contributed by atoms with Crippen molar-refractivity contribution in [1.29, 1.82) is 0 Å². The van der Waals surface area contributed by atoms with Gasteiger partial charge in [0, 0.05) is 47.8 Å². The van der Waals surface area contributed by atoms with Crippen molar-refractivity contribution in [2.24, 2.45) is 0 Å². The molecule has 0 aliphatic carbocycles. The average Bonchev–Trinajstić information content (AvgIpc) is 2.58. The van der Waals surface area contributed by atoms with E-state index in [1.807, 2.05) is 24.4 Å². The van der Waals surface area contributed by atoms with Crippen LogP contribution < -0.4 is 14.4 Å². The minimum absolute atomic E-state index is 0.182. The van der Waals surface area contributed by atoms with Crippen molar-refractivity contribution in [3.05, 3.63) is 39.2 Å². The number of methoxy groups -OCH3 is 1. The monoisotopic (exact) mass is 445 g/mol. The van der Waals surface area contributed by atoms with E-state index in [1.54, 1.807) is 13.3 Å². The third-order valence-electron chi connectivity index (χ3n) is 3.79. The van der Waals surface area contributed by atoms with Gasteiger partial charge < -0.3 is 14.4 Å². The highest BCUT2D eigenvalue weighted by molar-refractivity contribution is 14.1. The second-order valence-electron chi connectivity index (χ2n) is 5.30. The third kappa shape index (κ3) is 4.17. The summed E-state index contributed by atoms with van der Waals surface area (Å²) in [4.78, 5) is 10.7. The Balaban J connectivity index is 1.61. The van der Waals surface area contributed by atoms with Crippen molar-refractivity contribution in [1.82, 2.24) is 9.97 Å². The first-order chi connectivity index (χ1) is 11.2. The molecule has 0 unspecified atom stereocenters. The Hall–Kier alpha value is -1.28. The maximum Gasteiger partial charge on any atom is 0.215 e. The predicted octanol–water partition coefficient (Wildman–Crippen LogP) is 3.79. The lowest BCUT2D eigenvalue weighted by molar-refractivity contribution is 0.164. The van der Waals surface area contributed by atoms with E-state index in [0.717, 1.165) is 35.2 Å². The van der Waals surface area contributed by atoms with Crippen LogP contribution in [0.1, 0.15) is 12.8 Å². The van der Waals surface area contributed by atoms with Gasteiger partial charge in [0.1, 0.15) is 6.10 Å². The summed E-state index contributed by atoms with van der Waals surface area (Å²) in [6.45, 7) is 1.75. The maximum atomic E-state index is 6.27. The fourth-order valence-electron chi connectivity index (χ4n) is 2.58. The van der Waals surface area contributed by atoms with Crippen molar-refractivity contribution in [2.45, 2.75) is 18.9 Å². The Morgan fingerprint density at radius 3 is 2.57 bits per heavy atom. The molecular formula is C16H17ClIN3O2. The van der Waals surface area contributed by atoms with E-state index < -0.39 is 0 Å². The van der Waals surface area contributed by atoms with Crippen LogP contribution in [0, 0.1) is 3.57 Å². The number of halogens is 2. The number of hydrogen-bond donors (Lipinski definition) is 0. The molecule has 0 N–H and O–H groups in total. The van der Waals surface area contributed by atoms with Crippen molar-refractivity contribution in [3.63, 3.8) is 0 Å². The lowest BCUT2D eigenvalue weighted by Gasteiger charge is -2.33. The number of nitrogens with zero attached hydrogens (tertiary/aromatic N) is 3. The van der Waals surface area contributed by atoms with Crippen molar-refractivity contribution in [2.75, 3.05) is 25.1 Å². The zero-order chi connectivity index (χ0) is 16.2. The molecule has 0 radical (unpaired) electrons. The van der Waals surface area contributed by atoms with Crippen molar-refractivity contribution in [3.8, 4) is 11.8 Å². The first-order valence-corrected chi connectivity index (χ1v) is 8.84. The molecule has 0 saturated carbocycles. The molecule has 5 nitrogen and oxygen atoms in total. The van der Waals surface area contributed by atoms with Crippen molar-refractivity contribution < 1.29 is 9.47 Å². The highest BCUT2D eigenvalue weighted by Crippen LogP contribution is 2.31. The molecule has 23 heavy (non-hydrogen) atoms. The van der Waals surface area contributed by atoms with Crippen molar-refractivity contribution >= 4 is 39.9 Å². The number of aromatic nitrogens is 2. The summed E-state index contributed by atoms with van der Waals surface area (Å²) < 4.78 is 12.2. The fraction of sp³-hybridized carbons (Fsp3) is 0.375. The Bertz CT molecular complexity index is 661. The Labute approximate surface area is 154 Å². The number of pyridine rings is 2. The quantitative estimate of drug-likeness (QED) is 0.670. The lowest BCUT2D eigenvalue weighted by Crippen LogP contribution is -2.38. The summed E-state index contributed by atoms with van der Waals surface area (Å²) in [7, 11) is 1.61. The summed E-state index contributed by atoms with van der Waals surface area (Å²) >= 11 is 8.50. The molecule has 1 aliphatic heterocycles. The molecule has 2 aromatic heterocycles. The second-order valence-corrected chi connectivity index (χ2v) is 6.95. The first-order valence-electron chi connectivity index (χ1n) is 7.38. The number of rotatable bonds is 4. The predicted molar refractivity (Wildman–Crippen MR) is 98.6 cm³/mol. The van der Waals surface area contributed by atoms with Crippen LogP contribution in [-0.2, 0) is 0 Å².